The number of nitrogens with zero attached hydrogens (tertiary/aromatic N) is 1. The zero-order chi connectivity index (χ0) is 10.7. The van der Waals surface area contributed by atoms with Gasteiger partial charge < -0.3 is 4.90 Å². The number of anilines is 1. The van der Waals surface area contributed by atoms with Gasteiger partial charge in [-0.1, -0.05) is 48.5 Å². The first-order chi connectivity index (χ1) is 7.29. The van der Waals surface area contributed by atoms with Gasteiger partial charge >= 0.3 is 0 Å². The fourth-order valence-corrected chi connectivity index (χ4v) is 1.73. The predicted molar refractivity (Wildman–Crippen MR) is 72.0 cm³/mol. The summed E-state index contributed by atoms with van der Waals surface area (Å²) >= 11 is 0. The quantitative estimate of drug-likeness (QED) is 0.685. The van der Waals surface area contributed by atoms with Gasteiger partial charge in [0.25, 0.3) is 0 Å². The van der Waals surface area contributed by atoms with Gasteiger partial charge in [-0.05, 0) is 11.6 Å². The van der Waals surface area contributed by atoms with Crippen LogP contribution >= 0.6 is 0 Å². The zero-order valence-corrected chi connectivity index (χ0v) is 9.72. The summed E-state index contributed by atoms with van der Waals surface area (Å²) in [5.74, 6) is 0. The highest BCUT2D eigenvalue weighted by Crippen LogP contribution is 2.28. The molecule has 0 fully saturated rings. The third-order valence-corrected chi connectivity index (χ3v) is 2.47. The molecule has 0 aromatic heterocycles. The smallest absolute Gasteiger partial charge is 0.0440 e. The van der Waals surface area contributed by atoms with Crippen molar-refractivity contribution in [3.8, 4) is 11.1 Å². The van der Waals surface area contributed by atoms with Crippen LogP contribution in [0.4, 0.5) is 5.69 Å². The Bertz CT molecular complexity index is 437. The van der Waals surface area contributed by atoms with Crippen LogP contribution in [0.15, 0.2) is 54.6 Å². The number of para-hydroxylation sites is 1. The topological polar surface area (TPSA) is 3.24 Å². The number of rotatable bonds is 2. The van der Waals surface area contributed by atoms with Crippen molar-refractivity contribution in [1.82, 2.24) is 0 Å². The zero-order valence-electron chi connectivity index (χ0n) is 9.72. The SMILES string of the molecule is CN(C)c1ccccc1-c1ccccc1.[B]. The average molecular weight is 208 g/mol. The van der Waals surface area contributed by atoms with Crippen LogP contribution in [0, 0.1) is 0 Å². The average Bonchev–Trinajstić information content (AvgIpc) is 2.30. The van der Waals surface area contributed by atoms with Gasteiger partial charge in [0.05, 0.1) is 0 Å². The lowest BCUT2D eigenvalue weighted by molar-refractivity contribution is 1.13. The monoisotopic (exact) mass is 208 g/mol. The lowest BCUT2D eigenvalue weighted by atomic mass is 10.0. The molecule has 0 N–H and O–H groups in total. The molecule has 3 radical (unpaired) electrons. The molecule has 1 nitrogen and oxygen atoms in total. The van der Waals surface area contributed by atoms with Crippen molar-refractivity contribution >= 4 is 14.1 Å². The second-order valence-corrected chi connectivity index (χ2v) is 3.78. The van der Waals surface area contributed by atoms with E-state index < -0.39 is 0 Å². The van der Waals surface area contributed by atoms with E-state index in [4.69, 9.17) is 0 Å². The summed E-state index contributed by atoms with van der Waals surface area (Å²) in [5, 5.41) is 0. The predicted octanol–water partition coefficient (Wildman–Crippen LogP) is 3.04. The Morgan fingerprint density at radius 3 is 1.94 bits per heavy atom. The Labute approximate surface area is 99.3 Å². The fourth-order valence-electron chi connectivity index (χ4n) is 1.73. The van der Waals surface area contributed by atoms with E-state index in [0.717, 1.165) is 0 Å². The van der Waals surface area contributed by atoms with Crippen molar-refractivity contribution in [2.24, 2.45) is 0 Å². The Hall–Kier alpha value is -1.70. The third kappa shape index (κ3) is 2.46. The standard InChI is InChI=1S/C14H15N.B/c1-15(2)14-11-7-6-10-13(14)12-8-4-3-5-9-12;/h3-11H,1-2H3;. The van der Waals surface area contributed by atoms with Crippen LogP contribution in [0.5, 0.6) is 0 Å². The lowest BCUT2D eigenvalue weighted by Gasteiger charge is -2.17. The molecule has 2 aromatic rings. The van der Waals surface area contributed by atoms with Crippen molar-refractivity contribution in [3.63, 3.8) is 0 Å². The molecule has 0 heterocycles. The normalized spacial score (nSPS) is 9.38. The van der Waals surface area contributed by atoms with E-state index >= 15 is 0 Å². The Morgan fingerprint density at radius 1 is 0.750 bits per heavy atom. The van der Waals surface area contributed by atoms with Crippen molar-refractivity contribution in [2.45, 2.75) is 0 Å². The first-order valence-corrected chi connectivity index (χ1v) is 5.11. The van der Waals surface area contributed by atoms with Gasteiger partial charge in [-0.2, -0.15) is 0 Å². The molecular formula is C14H15BN. The van der Waals surface area contributed by atoms with Gasteiger partial charge in [-0.15, -0.1) is 0 Å². The van der Waals surface area contributed by atoms with Crippen LogP contribution < -0.4 is 4.90 Å². The molecule has 0 aliphatic carbocycles. The molecular weight excluding hydrogens is 193 g/mol. The molecule has 2 aromatic carbocycles. The maximum absolute atomic E-state index is 2.16. The Kier molecular flexibility index (Phi) is 4.18. The van der Waals surface area contributed by atoms with E-state index in [-0.39, 0.29) is 8.41 Å². The highest BCUT2D eigenvalue weighted by atomic mass is 15.1. The van der Waals surface area contributed by atoms with Gasteiger partial charge in [0.15, 0.2) is 0 Å². The first-order valence-electron chi connectivity index (χ1n) is 5.11. The first kappa shape index (κ1) is 12.4. The van der Waals surface area contributed by atoms with Gasteiger partial charge in [-0.25, -0.2) is 0 Å². The second-order valence-electron chi connectivity index (χ2n) is 3.78. The summed E-state index contributed by atoms with van der Waals surface area (Å²) in [6, 6.07) is 18.9. The van der Waals surface area contributed by atoms with E-state index in [9.17, 15) is 0 Å². The molecule has 0 bridgehead atoms. The summed E-state index contributed by atoms with van der Waals surface area (Å²) < 4.78 is 0. The van der Waals surface area contributed by atoms with Crippen molar-refractivity contribution < 1.29 is 0 Å². The fraction of sp³-hybridized carbons (Fsp3) is 0.143. The highest BCUT2D eigenvalue weighted by Gasteiger charge is 2.04. The molecule has 0 spiro atoms. The van der Waals surface area contributed by atoms with Crippen LogP contribution in [0.2, 0.25) is 0 Å². The molecule has 79 valence electrons. The van der Waals surface area contributed by atoms with Crippen LogP contribution in [0.1, 0.15) is 0 Å². The van der Waals surface area contributed by atoms with Gasteiger partial charge in [0.1, 0.15) is 0 Å². The van der Waals surface area contributed by atoms with E-state index in [1.807, 2.05) is 6.07 Å². The molecule has 0 saturated carbocycles. The molecule has 0 aliphatic heterocycles. The van der Waals surface area contributed by atoms with Crippen LogP contribution in [0.3, 0.4) is 0 Å². The third-order valence-electron chi connectivity index (χ3n) is 2.47. The summed E-state index contributed by atoms with van der Waals surface area (Å²) in [5.41, 5.74) is 3.80. The lowest BCUT2D eigenvalue weighted by Crippen LogP contribution is -2.09. The number of hydrogen-bond donors (Lipinski definition) is 0. The highest BCUT2D eigenvalue weighted by molar-refractivity contribution is 5.78. The van der Waals surface area contributed by atoms with Crippen molar-refractivity contribution in [1.29, 1.82) is 0 Å². The molecule has 0 atom stereocenters. The molecule has 2 rings (SSSR count). The van der Waals surface area contributed by atoms with Crippen LogP contribution in [-0.2, 0) is 0 Å². The summed E-state index contributed by atoms with van der Waals surface area (Å²) in [7, 11) is 4.14. The molecule has 0 amide bonds. The second kappa shape index (κ2) is 5.41. The van der Waals surface area contributed by atoms with Gasteiger partial charge in [0, 0.05) is 33.8 Å². The summed E-state index contributed by atoms with van der Waals surface area (Å²) in [6.45, 7) is 0. The van der Waals surface area contributed by atoms with Crippen molar-refractivity contribution in [2.75, 3.05) is 19.0 Å². The van der Waals surface area contributed by atoms with E-state index in [1.165, 1.54) is 16.8 Å². The minimum absolute atomic E-state index is 0. The maximum Gasteiger partial charge on any atom is 0.0440 e. The summed E-state index contributed by atoms with van der Waals surface area (Å²) in [4.78, 5) is 2.14. The molecule has 2 heteroatoms. The van der Waals surface area contributed by atoms with Gasteiger partial charge in [-0.3, -0.25) is 0 Å². The van der Waals surface area contributed by atoms with E-state index in [2.05, 4.69) is 67.5 Å². The van der Waals surface area contributed by atoms with Crippen LogP contribution in [0.25, 0.3) is 11.1 Å². The largest absolute Gasteiger partial charge is 0.377 e. The number of benzene rings is 2. The Balaban J connectivity index is 0.00000128. The van der Waals surface area contributed by atoms with E-state index in [1.54, 1.807) is 0 Å². The molecule has 0 saturated heterocycles. The maximum atomic E-state index is 2.16. The molecule has 16 heavy (non-hydrogen) atoms. The minimum atomic E-state index is 0. The minimum Gasteiger partial charge on any atom is -0.377 e. The molecule has 0 unspecified atom stereocenters. The van der Waals surface area contributed by atoms with E-state index in [0.29, 0.717) is 0 Å². The molecule has 0 aliphatic rings. The van der Waals surface area contributed by atoms with Crippen molar-refractivity contribution in [3.05, 3.63) is 54.6 Å². The summed E-state index contributed by atoms with van der Waals surface area (Å²) in [6.07, 6.45) is 0. The van der Waals surface area contributed by atoms with Crippen LogP contribution in [-0.4, -0.2) is 22.5 Å². The number of hydrogen-bond acceptors (Lipinski definition) is 1. The van der Waals surface area contributed by atoms with Gasteiger partial charge in [0.2, 0.25) is 0 Å². The Morgan fingerprint density at radius 2 is 1.31 bits per heavy atom.